The summed E-state index contributed by atoms with van der Waals surface area (Å²) in [7, 11) is 1.67. The molecule has 0 heterocycles. The van der Waals surface area contributed by atoms with Gasteiger partial charge in [-0.05, 0) is 19.4 Å². The van der Waals surface area contributed by atoms with E-state index in [1.54, 1.807) is 7.11 Å². The Morgan fingerprint density at radius 2 is 1.94 bits per heavy atom. The second kappa shape index (κ2) is 9.60. The second-order valence-corrected chi connectivity index (χ2v) is 3.83. The van der Waals surface area contributed by atoms with Crippen LogP contribution < -0.4 is 5.32 Å². The monoisotopic (exact) mass is 230 g/mol. The third-order valence-electron chi connectivity index (χ3n) is 2.77. The smallest absolute Gasteiger partial charge is 0.236 e. The number of methoxy groups -OCH3 is 1. The number of nitrogens with zero attached hydrogens (tertiary/aromatic N) is 1. The SMILES string of the molecule is CCNCC(=O)N(CCOC)C(CC)CC. The van der Waals surface area contributed by atoms with E-state index < -0.39 is 0 Å². The van der Waals surface area contributed by atoms with E-state index in [4.69, 9.17) is 4.74 Å². The maximum absolute atomic E-state index is 12.0. The number of ether oxygens (including phenoxy) is 1. The quantitative estimate of drug-likeness (QED) is 0.648. The van der Waals surface area contributed by atoms with Gasteiger partial charge < -0.3 is 15.0 Å². The normalized spacial score (nSPS) is 10.8. The van der Waals surface area contributed by atoms with E-state index in [9.17, 15) is 4.79 Å². The minimum absolute atomic E-state index is 0.174. The molecule has 0 aliphatic rings. The summed E-state index contributed by atoms with van der Waals surface area (Å²) in [6.45, 7) is 8.79. The van der Waals surface area contributed by atoms with Crippen molar-refractivity contribution in [2.45, 2.75) is 39.7 Å². The van der Waals surface area contributed by atoms with E-state index in [-0.39, 0.29) is 5.91 Å². The topological polar surface area (TPSA) is 41.6 Å². The van der Waals surface area contributed by atoms with Gasteiger partial charge in [0.25, 0.3) is 0 Å². The van der Waals surface area contributed by atoms with E-state index >= 15 is 0 Å². The predicted octanol–water partition coefficient (Wildman–Crippen LogP) is 1.26. The van der Waals surface area contributed by atoms with Crippen LogP contribution in [0.4, 0.5) is 0 Å². The zero-order valence-corrected chi connectivity index (χ0v) is 11.1. The van der Waals surface area contributed by atoms with Crippen molar-refractivity contribution >= 4 is 5.91 Å². The first kappa shape index (κ1) is 15.4. The highest BCUT2D eigenvalue weighted by Gasteiger charge is 2.19. The zero-order valence-electron chi connectivity index (χ0n) is 11.1. The van der Waals surface area contributed by atoms with Crippen LogP contribution in [0.25, 0.3) is 0 Å². The Hall–Kier alpha value is -0.610. The van der Waals surface area contributed by atoms with Gasteiger partial charge in [0.15, 0.2) is 0 Å². The molecule has 1 N–H and O–H groups in total. The minimum atomic E-state index is 0.174. The first-order chi connectivity index (χ1) is 7.71. The predicted molar refractivity (Wildman–Crippen MR) is 66.5 cm³/mol. The van der Waals surface area contributed by atoms with Gasteiger partial charge in [-0.15, -0.1) is 0 Å². The molecule has 0 unspecified atom stereocenters. The fourth-order valence-corrected chi connectivity index (χ4v) is 1.76. The highest BCUT2D eigenvalue weighted by Crippen LogP contribution is 2.08. The molecule has 0 aromatic carbocycles. The van der Waals surface area contributed by atoms with E-state index in [0.29, 0.717) is 25.7 Å². The lowest BCUT2D eigenvalue weighted by Crippen LogP contribution is -2.45. The number of likely N-dealkylation sites (N-methyl/N-ethyl adjacent to an activating group) is 1. The first-order valence-electron chi connectivity index (χ1n) is 6.20. The lowest BCUT2D eigenvalue weighted by molar-refractivity contribution is -0.133. The molecule has 4 nitrogen and oxygen atoms in total. The van der Waals surface area contributed by atoms with Crippen LogP contribution in [-0.4, -0.2) is 50.2 Å². The average molecular weight is 230 g/mol. The number of carbonyl (C=O) groups is 1. The molecule has 96 valence electrons. The summed E-state index contributed by atoms with van der Waals surface area (Å²) in [6, 6.07) is 0.335. The molecule has 16 heavy (non-hydrogen) atoms. The minimum Gasteiger partial charge on any atom is -0.383 e. The Labute approximate surface area is 99.3 Å². The number of amides is 1. The van der Waals surface area contributed by atoms with Crippen LogP contribution in [0.5, 0.6) is 0 Å². The summed E-state index contributed by atoms with van der Waals surface area (Å²) >= 11 is 0. The fraction of sp³-hybridized carbons (Fsp3) is 0.917. The van der Waals surface area contributed by atoms with Gasteiger partial charge in [0.2, 0.25) is 5.91 Å². The average Bonchev–Trinajstić information content (AvgIpc) is 2.31. The number of hydrogen-bond donors (Lipinski definition) is 1. The molecule has 0 aromatic heterocycles. The maximum Gasteiger partial charge on any atom is 0.236 e. The molecule has 0 aromatic rings. The van der Waals surface area contributed by atoms with Gasteiger partial charge in [-0.25, -0.2) is 0 Å². The molecule has 0 aliphatic carbocycles. The van der Waals surface area contributed by atoms with Crippen molar-refractivity contribution in [2.75, 3.05) is 33.4 Å². The first-order valence-corrected chi connectivity index (χ1v) is 6.20. The number of carbonyl (C=O) groups excluding carboxylic acids is 1. The number of nitrogens with one attached hydrogen (secondary N) is 1. The molecule has 0 saturated carbocycles. The van der Waals surface area contributed by atoms with Crippen LogP contribution in [0, 0.1) is 0 Å². The Morgan fingerprint density at radius 3 is 2.38 bits per heavy atom. The summed E-state index contributed by atoms with van der Waals surface area (Å²) < 4.78 is 5.05. The van der Waals surface area contributed by atoms with Crippen molar-refractivity contribution in [3.63, 3.8) is 0 Å². The van der Waals surface area contributed by atoms with Crippen LogP contribution >= 0.6 is 0 Å². The van der Waals surface area contributed by atoms with Gasteiger partial charge in [0, 0.05) is 19.7 Å². The van der Waals surface area contributed by atoms with Crippen LogP contribution in [0.1, 0.15) is 33.6 Å². The van der Waals surface area contributed by atoms with Crippen LogP contribution in [0.15, 0.2) is 0 Å². The third-order valence-corrected chi connectivity index (χ3v) is 2.77. The molecule has 0 radical (unpaired) electrons. The van der Waals surface area contributed by atoms with E-state index in [0.717, 1.165) is 19.4 Å². The molecule has 0 saturated heterocycles. The Morgan fingerprint density at radius 1 is 1.31 bits per heavy atom. The van der Waals surface area contributed by atoms with Crippen molar-refractivity contribution in [3.05, 3.63) is 0 Å². The van der Waals surface area contributed by atoms with E-state index in [1.165, 1.54) is 0 Å². The highest BCUT2D eigenvalue weighted by atomic mass is 16.5. The van der Waals surface area contributed by atoms with Crippen LogP contribution in [-0.2, 0) is 9.53 Å². The molecule has 0 fully saturated rings. The van der Waals surface area contributed by atoms with E-state index in [2.05, 4.69) is 19.2 Å². The van der Waals surface area contributed by atoms with Crippen molar-refractivity contribution in [2.24, 2.45) is 0 Å². The van der Waals surface area contributed by atoms with Gasteiger partial charge in [-0.2, -0.15) is 0 Å². The summed E-state index contributed by atoms with van der Waals surface area (Å²) in [5.41, 5.74) is 0. The van der Waals surface area contributed by atoms with Gasteiger partial charge in [0.05, 0.1) is 13.2 Å². The number of rotatable bonds is 9. The Kier molecular flexibility index (Phi) is 9.24. The van der Waals surface area contributed by atoms with Gasteiger partial charge in [-0.3, -0.25) is 4.79 Å². The summed E-state index contributed by atoms with van der Waals surface area (Å²) in [6.07, 6.45) is 2.00. The third kappa shape index (κ3) is 5.47. The van der Waals surface area contributed by atoms with Gasteiger partial charge in [-0.1, -0.05) is 20.8 Å². The van der Waals surface area contributed by atoms with E-state index in [1.807, 2.05) is 11.8 Å². The molecule has 0 spiro atoms. The lowest BCUT2D eigenvalue weighted by atomic mass is 10.1. The van der Waals surface area contributed by atoms with Gasteiger partial charge in [0.1, 0.15) is 0 Å². The Balaban J connectivity index is 4.32. The lowest BCUT2D eigenvalue weighted by Gasteiger charge is -2.30. The van der Waals surface area contributed by atoms with Gasteiger partial charge >= 0.3 is 0 Å². The standard InChI is InChI=1S/C12H26N2O2/c1-5-11(6-2)14(8-9-16-4)12(15)10-13-7-3/h11,13H,5-10H2,1-4H3. The zero-order chi connectivity index (χ0) is 12.4. The molecular weight excluding hydrogens is 204 g/mol. The van der Waals surface area contributed by atoms with Crippen molar-refractivity contribution < 1.29 is 9.53 Å². The molecular formula is C12H26N2O2. The van der Waals surface area contributed by atoms with Crippen molar-refractivity contribution in [3.8, 4) is 0 Å². The highest BCUT2D eigenvalue weighted by molar-refractivity contribution is 5.78. The Bertz CT molecular complexity index is 182. The van der Waals surface area contributed by atoms with Crippen molar-refractivity contribution in [1.29, 1.82) is 0 Å². The van der Waals surface area contributed by atoms with Crippen LogP contribution in [0.3, 0.4) is 0 Å². The second-order valence-electron chi connectivity index (χ2n) is 3.83. The fourth-order valence-electron chi connectivity index (χ4n) is 1.76. The molecule has 0 aliphatic heterocycles. The molecule has 0 rings (SSSR count). The number of hydrogen-bond acceptors (Lipinski definition) is 3. The summed E-state index contributed by atoms with van der Waals surface area (Å²) in [5, 5.41) is 3.08. The largest absolute Gasteiger partial charge is 0.383 e. The molecule has 4 heteroatoms. The maximum atomic E-state index is 12.0. The summed E-state index contributed by atoms with van der Waals surface area (Å²) in [5.74, 6) is 0.174. The van der Waals surface area contributed by atoms with Crippen molar-refractivity contribution in [1.82, 2.24) is 10.2 Å². The molecule has 0 bridgehead atoms. The molecule has 0 atom stereocenters. The van der Waals surface area contributed by atoms with Crippen LogP contribution in [0.2, 0.25) is 0 Å². The summed E-state index contributed by atoms with van der Waals surface area (Å²) in [4.78, 5) is 13.9. The molecule has 1 amide bonds.